The van der Waals surface area contributed by atoms with Gasteiger partial charge in [-0.05, 0) is 123 Å². The average molecular weight is 674 g/mol. The Labute approximate surface area is 289 Å². The standard InChI is InChI=1S/C39H67N3O6/c1-8-45-33(35(5,6)44)25-17-23(2)30-31(47-25)32(43)39(40)27-10-9-26-34(3,4)28(11-12-37(26)22-38(27,37)14-13-36(30,39)7)48-29-21-42(15-16-46-29)20-24-18-41-19-24/h23-33,41,43-44H,8-22,40H2,1-7H3. The summed E-state index contributed by atoms with van der Waals surface area (Å²) in [4.78, 5) is 2.55. The average Bonchev–Trinajstić information content (AvgIpc) is 3.63. The molecule has 8 aliphatic rings. The smallest absolute Gasteiger partial charge is 0.170 e. The number of ether oxygens (including phenoxy) is 4. The molecular formula is C39H67N3O6. The lowest BCUT2D eigenvalue weighted by atomic mass is 9.43. The Morgan fingerprint density at radius 3 is 2.48 bits per heavy atom. The summed E-state index contributed by atoms with van der Waals surface area (Å²) < 4.78 is 26.2. The number of aliphatic hydroxyl groups excluding tert-OH is 1. The van der Waals surface area contributed by atoms with Gasteiger partial charge in [0.15, 0.2) is 6.29 Å². The number of nitrogens with zero attached hydrogens (tertiary/aromatic N) is 1. The predicted octanol–water partition coefficient (Wildman–Crippen LogP) is 3.93. The molecule has 3 heterocycles. The van der Waals surface area contributed by atoms with Gasteiger partial charge >= 0.3 is 0 Å². The summed E-state index contributed by atoms with van der Waals surface area (Å²) in [6.07, 6.45) is 7.06. The van der Waals surface area contributed by atoms with Crippen molar-refractivity contribution < 1.29 is 29.2 Å². The van der Waals surface area contributed by atoms with Gasteiger partial charge in [-0.25, -0.2) is 0 Å². The van der Waals surface area contributed by atoms with Crippen molar-refractivity contribution in [3.63, 3.8) is 0 Å². The third-order valence-corrected chi connectivity index (χ3v) is 16.4. The van der Waals surface area contributed by atoms with Crippen LogP contribution in [0.2, 0.25) is 0 Å². The van der Waals surface area contributed by atoms with Crippen LogP contribution in [0.3, 0.4) is 0 Å². The lowest BCUT2D eigenvalue weighted by Crippen LogP contribution is -2.70. The third-order valence-electron chi connectivity index (χ3n) is 16.4. The van der Waals surface area contributed by atoms with Gasteiger partial charge in [0.2, 0.25) is 0 Å². The van der Waals surface area contributed by atoms with E-state index in [1.165, 1.54) is 19.3 Å². The lowest BCUT2D eigenvalue weighted by Gasteiger charge is -2.63. The van der Waals surface area contributed by atoms with Gasteiger partial charge < -0.3 is 40.2 Å². The van der Waals surface area contributed by atoms with E-state index in [1.54, 1.807) is 0 Å². The zero-order valence-corrected chi connectivity index (χ0v) is 31.0. The first kappa shape index (κ1) is 34.7. The minimum atomic E-state index is -1.04. The monoisotopic (exact) mass is 674 g/mol. The van der Waals surface area contributed by atoms with E-state index in [2.05, 4.69) is 37.9 Å². The van der Waals surface area contributed by atoms with Gasteiger partial charge in [0, 0.05) is 39.3 Å². The molecule has 0 bridgehead atoms. The van der Waals surface area contributed by atoms with Crippen LogP contribution in [-0.2, 0) is 18.9 Å². The summed E-state index contributed by atoms with van der Waals surface area (Å²) in [6, 6.07) is 0. The molecule has 3 aliphatic heterocycles. The maximum atomic E-state index is 12.5. The highest BCUT2D eigenvalue weighted by atomic mass is 16.7. The maximum absolute atomic E-state index is 12.5. The Balaban J connectivity index is 1.01. The molecule has 2 spiro atoms. The Bertz CT molecular complexity index is 1220. The van der Waals surface area contributed by atoms with E-state index in [1.807, 2.05) is 20.8 Å². The number of nitrogens with one attached hydrogen (secondary N) is 1. The third kappa shape index (κ3) is 4.73. The molecule has 5 saturated carbocycles. The second-order valence-electron chi connectivity index (χ2n) is 19.4. The summed E-state index contributed by atoms with van der Waals surface area (Å²) in [7, 11) is 0. The summed E-state index contributed by atoms with van der Waals surface area (Å²) in [5.74, 6) is 2.15. The molecule has 274 valence electrons. The molecule has 14 atom stereocenters. The van der Waals surface area contributed by atoms with Gasteiger partial charge in [0.05, 0.1) is 42.2 Å². The first-order valence-corrected chi connectivity index (χ1v) is 19.8. The van der Waals surface area contributed by atoms with Crippen molar-refractivity contribution >= 4 is 0 Å². The minimum Gasteiger partial charge on any atom is -0.388 e. The second kappa shape index (κ2) is 11.6. The van der Waals surface area contributed by atoms with Gasteiger partial charge in [0.25, 0.3) is 0 Å². The topological polar surface area (TPSA) is 119 Å². The zero-order chi connectivity index (χ0) is 34.1. The molecule has 8 rings (SSSR count). The highest BCUT2D eigenvalue weighted by Gasteiger charge is 2.85. The molecule has 14 unspecified atom stereocenters. The first-order valence-electron chi connectivity index (χ1n) is 19.8. The van der Waals surface area contributed by atoms with Crippen LogP contribution in [0.15, 0.2) is 0 Å². The van der Waals surface area contributed by atoms with Crippen LogP contribution in [0.25, 0.3) is 0 Å². The molecule has 0 aromatic rings. The Morgan fingerprint density at radius 1 is 1.06 bits per heavy atom. The fraction of sp³-hybridized carbons (Fsp3) is 1.00. The number of nitrogens with two attached hydrogens (primary N) is 1. The van der Waals surface area contributed by atoms with E-state index < -0.39 is 23.3 Å². The largest absolute Gasteiger partial charge is 0.388 e. The summed E-state index contributed by atoms with van der Waals surface area (Å²) in [5, 5.41) is 27.0. The van der Waals surface area contributed by atoms with E-state index in [0.717, 1.165) is 77.4 Å². The van der Waals surface area contributed by atoms with E-state index >= 15 is 0 Å². The van der Waals surface area contributed by atoms with Crippen molar-refractivity contribution in [2.45, 2.75) is 148 Å². The van der Waals surface area contributed by atoms with E-state index in [0.29, 0.717) is 18.4 Å². The van der Waals surface area contributed by atoms with Crippen LogP contribution in [-0.4, -0.2) is 109 Å². The molecule has 8 fully saturated rings. The molecule has 48 heavy (non-hydrogen) atoms. The maximum Gasteiger partial charge on any atom is 0.170 e. The summed E-state index contributed by atoms with van der Waals surface area (Å²) in [5.41, 5.74) is 6.44. The van der Waals surface area contributed by atoms with Crippen LogP contribution in [0, 0.1) is 51.2 Å². The molecule has 5 N–H and O–H groups in total. The van der Waals surface area contributed by atoms with Gasteiger partial charge in [-0.2, -0.15) is 0 Å². The van der Waals surface area contributed by atoms with E-state index in [4.69, 9.17) is 24.7 Å². The number of hydrogen-bond acceptors (Lipinski definition) is 9. The summed E-state index contributed by atoms with van der Waals surface area (Å²) in [6.45, 7) is 21.8. The number of morpholine rings is 1. The second-order valence-corrected chi connectivity index (χ2v) is 19.4. The number of rotatable bonds is 8. The molecule has 3 saturated heterocycles. The zero-order valence-electron chi connectivity index (χ0n) is 31.0. The number of aliphatic hydroxyl groups is 2. The Hall–Kier alpha value is -0.360. The van der Waals surface area contributed by atoms with Crippen LogP contribution < -0.4 is 11.1 Å². The van der Waals surface area contributed by atoms with Crippen molar-refractivity contribution in [2.75, 3.05) is 45.9 Å². The molecular weight excluding hydrogens is 606 g/mol. The van der Waals surface area contributed by atoms with Crippen molar-refractivity contribution in [3.05, 3.63) is 0 Å². The predicted molar refractivity (Wildman–Crippen MR) is 184 cm³/mol. The SMILES string of the molecule is CCOC(C1CC(C)C2C(O1)C(O)C1(N)C3CCC4C(C)(C)C(OC5CN(CC6CNC6)CCO5)CCC45CC35CCC21C)C(C)(C)O. The summed E-state index contributed by atoms with van der Waals surface area (Å²) >= 11 is 0. The molecule has 0 amide bonds. The number of fused-ring (bicyclic) bond motifs is 4. The first-order chi connectivity index (χ1) is 22.6. The van der Waals surface area contributed by atoms with Gasteiger partial charge in [-0.3, -0.25) is 4.90 Å². The van der Waals surface area contributed by atoms with Crippen molar-refractivity contribution in [2.24, 2.45) is 57.0 Å². The van der Waals surface area contributed by atoms with Crippen molar-refractivity contribution in [1.82, 2.24) is 10.2 Å². The van der Waals surface area contributed by atoms with Gasteiger partial charge in [0.1, 0.15) is 6.10 Å². The molecule has 0 aromatic carbocycles. The lowest BCUT2D eigenvalue weighted by molar-refractivity contribution is -0.247. The number of hydrogen-bond donors (Lipinski definition) is 4. The fourth-order valence-corrected chi connectivity index (χ4v) is 14.3. The van der Waals surface area contributed by atoms with Gasteiger partial charge in [-0.15, -0.1) is 0 Å². The van der Waals surface area contributed by atoms with E-state index in [9.17, 15) is 10.2 Å². The van der Waals surface area contributed by atoms with Crippen LogP contribution >= 0.6 is 0 Å². The molecule has 5 aliphatic carbocycles. The highest BCUT2D eigenvalue weighted by Crippen LogP contribution is 2.87. The van der Waals surface area contributed by atoms with Crippen LogP contribution in [0.4, 0.5) is 0 Å². The highest BCUT2D eigenvalue weighted by molar-refractivity contribution is 5.35. The van der Waals surface area contributed by atoms with Crippen LogP contribution in [0.5, 0.6) is 0 Å². The Kier molecular flexibility index (Phi) is 8.37. The van der Waals surface area contributed by atoms with Crippen molar-refractivity contribution in [1.29, 1.82) is 0 Å². The fourth-order valence-electron chi connectivity index (χ4n) is 14.3. The van der Waals surface area contributed by atoms with E-state index in [-0.39, 0.29) is 58.1 Å². The van der Waals surface area contributed by atoms with Gasteiger partial charge in [-0.1, -0.05) is 27.7 Å². The minimum absolute atomic E-state index is 0.0529. The van der Waals surface area contributed by atoms with Crippen LogP contribution in [0.1, 0.15) is 99.8 Å². The molecule has 9 heteroatoms. The quantitative estimate of drug-likeness (QED) is 0.304. The van der Waals surface area contributed by atoms with Crippen molar-refractivity contribution in [3.8, 4) is 0 Å². The molecule has 0 radical (unpaired) electrons. The normalized spacial score (nSPS) is 52.2. The molecule has 0 aromatic heterocycles. The molecule has 9 nitrogen and oxygen atoms in total. The Morgan fingerprint density at radius 2 is 1.79 bits per heavy atom.